The zero-order chi connectivity index (χ0) is 12.9. The van der Waals surface area contributed by atoms with Crippen molar-refractivity contribution in [3.05, 3.63) is 29.3 Å². The molecule has 2 saturated heterocycles. The highest BCUT2D eigenvalue weighted by Crippen LogP contribution is 2.42. The Bertz CT molecular complexity index is 533. The van der Waals surface area contributed by atoms with Gasteiger partial charge in [-0.05, 0) is 29.5 Å². The summed E-state index contributed by atoms with van der Waals surface area (Å²) >= 11 is 0. The largest absolute Gasteiger partial charge is 0.379 e. The van der Waals surface area contributed by atoms with E-state index in [2.05, 4.69) is 28.8 Å². The molecule has 1 amide bonds. The first kappa shape index (κ1) is 11.4. The molecule has 3 aliphatic heterocycles. The van der Waals surface area contributed by atoms with Crippen LogP contribution in [0.3, 0.4) is 0 Å². The van der Waals surface area contributed by atoms with Crippen molar-refractivity contribution in [2.24, 2.45) is 5.92 Å². The first-order valence-corrected chi connectivity index (χ1v) is 7.00. The molecular weight excluding hydrogens is 240 g/mol. The van der Waals surface area contributed by atoms with Gasteiger partial charge in [0.25, 0.3) is 0 Å². The molecule has 1 aromatic rings. The molecule has 1 aromatic carbocycles. The standard InChI is InChI=1S/C15H18N2O2/c18-14-4-1-10-5-11(2-3-13(10)17-14)15(8-19-9-15)12-6-16-7-12/h2-3,5,12,16H,1,4,6-9H2,(H,17,18). The summed E-state index contributed by atoms with van der Waals surface area (Å²) in [7, 11) is 0. The Morgan fingerprint density at radius 3 is 2.68 bits per heavy atom. The number of anilines is 1. The summed E-state index contributed by atoms with van der Waals surface area (Å²) in [6.45, 7) is 3.86. The molecule has 4 heteroatoms. The molecule has 3 heterocycles. The maximum atomic E-state index is 11.4. The van der Waals surface area contributed by atoms with Gasteiger partial charge in [0.05, 0.1) is 13.2 Å². The topological polar surface area (TPSA) is 50.4 Å². The second-order valence-electron chi connectivity index (χ2n) is 5.92. The fourth-order valence-corrected chi connectivity index (χ4v) is 3.33. The molecule has 0 aromatic heterocycles. The van der Waals surface area contributed by atoms with Crippen molar-refractivity contribution in [1.82, 2.24) is 5.32 Å². The third-order valence-corrected chi connectivity index (χ3v) is 4.86. The average Bonchev–Trinajstić information content (AvgIpc) is 2.30. The molecule has 0 spiro atoms. The number of aryl methyl sites for hydroxylation is 1. The fraction of sp³-hybridized carbons (Fsp3) is 0.533. The van der Waals surface area contributed by atoms with E-state index in [1.165, 1.54) is 11.1 Å². The van der Waals surface area contributed by atoms with Gasteiger partial charge in [-0.2, -0.15) is 0 Å². The molecule has 0 atom stereocenters. The predicted octanol–water partition coefficient (Wildman–Crippen LogP) is 1.06. The van der Waals surface area contributed by atoms with E-state index in [-0.39, 0.29) is 11.3 Å². The Morgan fingerprint density at radius 1 is 1.21 bits per heavy atom. The van der Waals surface area contributed by atoms with Crippen molar-refractivity contribution in [3.8, 4) is 0 Å². The predicted molar refractivity (Wildman–Crippen MR) is 72.2 cm³/mol. The van der Waals surface area contributed by atoms with Crippen LogP contribution in [0.25, 0.3) is 0 Å². The summed E-state index contributed by atoms with van der Waals surface area (Å²) in [5, 5.41) is 6.31. The van der Waals surface area contributed by atoms with E-state index in [1.807, 2.05) is 0 Å². The van der Waals surface area contributed by atoms with Crippen LogP contribution in [-0.2, 0) is 21.4 Å². The van der Waals surface area contributed by atoms with Crippen molar-refractivity contribution in [3.63, 3.8) is 0 Å². The quantitative estimate of drug-likeness (QED) is 0.834. The Kier molecular flexibility index (Phi) is 2.44. The third kappa shape index (κ3) is 1.63. The van der Waals surface area contributed by atoms with E-state index in [4.69, 9.17) is 4.74 Å². The highest BCUT2D eigenvalue weighted by Gasteiger charge is 2.49. The van der Waals surface area contributed by atoms with Crippen LogP contribution in [-0.4, -0.2) is 32.2 Å². The number of nitrogens with one attached hydrogen (secondary N) is 2. The Morgan fingerprint density at radius 2 is 2.05 bits per heavy atom. The highest BCUT2D eigenvalue weighted by atomic mass is 16.5. The van der Waals surface area contributed by atoms with Crippen molar-refractivity contribution in [1.29, 1.82) is 0 Å². The van der Waals surface area contributed by atoms with Crippen molar-refractivity contribution >= 4 is 11.6 Å². The Hall–Kier alpha value is -1.39. The third-order valence-electron chi connectivity index (χ3n) is 4.86. The van der Waals surface area contributed by atoms with E-state index < -0.39 is 0 Å². The molecule has 0 unspecified atom stereocenters. The SMILES string of the molecule is O=C1CCc2cc(C3(C4CNC4)COC3)ccc2N1. The number of benzene rings is 1. The van der Waals surface area contributed by atoms with Gasteiger partial charge in [-0.3, -0.25) is 4.79 Å². The molecule has 4 nitrogen and oxygen atoms in total. The Balaban J connectivity index is 1.69. The zero-order valence-corrected chi connectivity index (χ0v) is 10.9. The molecule has 0 aliphatic carbocycles. The lowest BCUT2D eigenvalue weighted by atomic mass is 9.66. The normalized spacial score (nSPS) is 24.9. The first-order valence-electron chi connectivity index (χ1n) is 7.00. The van der Waals surface area contributed by atoms with Crippen LogP contribution >= 0.6 is 0 Å². The van der Waals surface area contributed by atoms with Gasteiger partial charge >= 0.3 is 0 Å². The van der Waals surface area contributed by atoms with Crippen molar-refractivity contribution in [2.45, 2.75) is 18.3 Å². The minimum Gasteiger partial charge on any atom is -0.379 e. The lowest BCUT2D eigenvalue weighted by Gasteiger charge is -2.51. The molecule has 0 bridgehead atoms. The maximum Gasteiger partial charge on any atom is 0.224 e. The highest BCUT2D eigenvalue weighted by molar-refractivity contribution is 5.93. The summed E-state index contributed by atoms with van der Waals surface area (Å²) in [4.78, 5) is 11.4. The molecule has 3 aliphatic rings. The minimum absolute atomic E-state index is 0.130. The van der Waals surface area contributed by atoms with Gasteiger partial charge in [0.15, 0.2) is 0 Å². The maximum absolute atomic E-state index is 11.4. The second kappa shape index (κ2) is 4.05. The van der Waals surface area contributed by atoms with Gasteiger partial charge in [0.2, 0.25) is 5.91 Å². The monoisotopic (exact) mass is 258 g/mol. The van der Waals surface area contributed by atoms with E-state index in [0.717, 1.165) is 38.4 Å². The number of hydrogen-bond donors (Lipinski definition) is 2. The van der Waals surface area contributed by atoms with E-state index in [9.17, 15) is 4.79 Å². The van der Waals surface area contributed by atoms with Gasteiger partial charge in [-0.1, -0.05) is 12.1 Å². The number of fused-ring (bicyclic) bond motifs is 1. The second-order valence-corrected chi connectivity index (χ2v) is 5.92. The van der Waals surface area contributed by atoms with Crippen molar-refractivity contribution < 1.29 is 9.53 Å². The van der Waals surface area contributed by atoms with Gasteiger partial charge in [-0.25, -0.2) is 0 Å². The number of hydrogen-bond acceptors (Lipinski definition) is 3. The minimum atomic E-state index is 0.130. The van der Waals surface area contributed by atoms with Gasteiger partial charge in [0, 0.05) is 30.6 Å². The van der Waals surface area contributed by atoms with Crippen LogP contribution in [0.1, 0.15) is 17.5 Å². The van der Waals surface area contributed by atoms with Crippen LogP contribution < -0.4 is 10.6 Å². The van der Waals surface area contributed by atoms with E-state index in [0.29, 0.717) is 12.3 Å². The molecule has 2 fully saturated rings. The number of amides is 1. The summed E-state index contributed by atoms with van der Waals surface area (Å²) in [5.74, 6) is 0.822. The lowest BCUT2D eigenvalue weighted by Crippen LogP contribution is -2.62. The summed E-state index contributed by atoms with van der Waals surface area (Å²) in [6.07, 6.45) is 1.46. The molecule has 19 heavy (non-hydrogen) atoms. The fourth-order valence-electron chi connectivity index (χ4n) is 3.33. The molecular formula is C15H18N2O2. The molecule has 0 saturated carbocycles. The molecule has 2 N–H and O–H groups in total. The Labute approximate surface area is 112 Å². The molecule has 0 radical (unpaired) electrons. The van der Waals surface area contributed by atoms with Crippen LogP contribution in [0.5, 0.6) is 0 Å². The molecule has 4 rings (SSSR count). The van der Waals surface area contributed by atoms with Crippen LogP contribution in [0.15, 0.2) is 18.2 Å². The number of rotatable bonds is 2. The number of ether oxygens (including phenoxy) is 1. The van der Waals surface area contributed by atoms with Gasteiger partial charge < -0.3 is 15.4 Å². The summed E-state index contributed by atoms with van der Waals surface area (Å²) in [6, 6.07) is 6.52. The van der Waals surface area contributed by atoms with Crippen molar-refractivity contribution in [2.75, 3.05) is 31.6 Å². The summed E-state index contributed by atoms with van der Waals surface area (Å²) in [5.41, 5.74) is 3.86. The lowest BCUT2D eigenvalue weighted by molar-refractivity contribution is -0.116. The van der Waals surface area contributed by atoms with E-state index >= 15 is 0 Å². The first-order chi connectivity index (χ1) is 9.28. The van der Waals surface area contributed by atoms with Gasteiger partial charge in [0.1, 0.15) is 0 Å². The van der Waals surface area contributed by atoms with Crippen LogP contribution in [0.2, 0.25) is 0 Å². The molecule has 100 valence electrons. The summed E-state index contributed by atoms with van der Waals surface area (Å²) < 4.78 is 5.51. The van der Waals surface area contributed by atoms with E-state index in [1.54, 1.807) is 0 Å². The number of carbonyl (C=O) groups excluding carboxylic acids is 1. The smallest absolute Gasteiger partial charge is 0.224 e. The van der Waals surface area contributed by atoms with Crippen LogP contribution in [0, 0.1) is 5.92 Å². The van der Waals surface area contributed by atoms with Gasteiger partial charge in [-0.15, -0.1) is 0 Å². The average molecular weight is 258 g/mol. The number of carbonyl (C=O) groups is 1. The van der Waals surface area contributed by atoms with Crippen LogP contribution in [0.4, 0.5) is 5.69 Å². The zero-order valence-electron chi connectivity index (χ0n) is 10.9.